The summed E-state index contributed by atoms with van der Waals surface area (Å²) in [6.07, 6.45) is 10.3. The number of aliphatic hydroxyl groups excluding tert-OH is 2. The normalized spacial score (nSPS) is 36.2. The number of ether oxygens (including phenoxy) is 1. The van der Waals surface area contributed by atoms with E-state index in [0.29, 0.717) is 29.7 Å². The summed E-state index contributed by atoms with van der Waals surface area (Å²) in [6, 6.07) is 0. The van der Waals surface area contributed by atoms with Crippen LogP contribution in [0, 0.1) is 23.2 Å². The maximum atomic E-state index is 11.4. The summed E-state index contributed by atoms with van der Waals surface area (Å²) in [7, 11) is 0. The molecule has 0 spiro atoms. The summed E-state index contributed by atoms with van der Waals surface area (Å²) in [5.74, 6) is 0.760. The number of fused-ring (bicyclic) bond motifs is 1. The fourth-order valence-electron chi connectivity index (χ4n) is 5.71. The predicted molar refractivity (Wildman–Crippen MR) is 110 cm³/mol. The van der Waals surface area contributed by atoms with E-state index in [2.05, 4.69) is 33.4 Å². The van der Waals surface area contributed by atoms with Crippen LogP contribution in [0.3, 0.4) is 0 Å². The largest absolute Gasteiger partial charge is 0.429 e. The second-order valence-corrected chi connectivity index (χ2v) is 9.59. The first-order valence-corrected chi connectivity index (χ1v) is 10.8. The number of esters is 1. The zero-order valence-corrected chi connectivity index (χ0v) is 17.6. The summed E-state index contributed by atoms with van der Waals surface area (Å²) < 4.78 is 4.76. The lowest BCUT2D eigenvalue weighted by molar-refractivity contribution is -0.152. The molecule has 3 aliphatic rings. The molecule has 1 fully saturated rings. The number of allylic oxidation sites excluding steroid dienone is 3. The highest BCUT2D eigenvalue weighted by Crippen LogP contribution is 2.54. The molecule has 0 aromatic rings. The summed E-state index contributed by atoms with van der Waals surface area (Å²) in [5.41, 5.74) is 3.40. The Morgan fingerprint density at radius 3 is 2.86 bits per heavy atom. The number of carbonyl (C=O) groups is 1. The van der Waals surface area contributed by atoms with E-state index in [1.807, 2.05) is 0 Å². The Labute approximate surface area is 169 Å². The fourth-order valence-corrected chi connectivity index (χ4v) is 5.71. The first kappa shape index (κ1) is 21.3. The third kappa shape index (κ3) is 4.44. The van der Waals surface area contributed by atoms with Crippen molar-refractivity contribution >= 4 is 5.97 Å². The zero-order valence-electron chi connectivity index (χ0n) is 17.6. The van der Waals surface area contributed by atoms with Crippen LogP contribution in [0.1, 0.15) is 72.1 Å². The molecule has 0 bridgehead atoms. The minimum absolute atomic E-state index is 0.243. The number of hydrogen-bond acceptors (Lipinski definition) is 4. The lowest BCUT2D eigenvalue weighted by Gasteiger charge is -2.49. The van der Waals surface area contributed by atoms with Gasteiger partial charge in [0.1, 0.15) is 0 Å². The zero-order chi connectivity index (χ0) is 20.5. The van der Waals surface area contributed by atoms with E-state index in [4.69, 9.17) is 4.74 Å². The molecule has 0 saturated heterocycles. The Kier molecular flexibility index (Phi) is 6.51. The van der Waals surface area contributed by atoms with Gasteiger partial charge in [0, 0.05) is 11.6 Å². The van der Waals surface area contributed by atoms with Crippen LogP contribution < -0.4 is 0 Å². The van der Waals surface area contributed by atoms with Crippen molar-refractivity contribution in [2.45, 2.75) is 84.5 Å². The molecule has 0 amide bonds. The van der Waals surface area contributed by atoms with Crippen LogP contribution >= 0.6 is 0 Å². The summed E-state index contributed by atoms with van der Waals surface area (Å²) in [5, 5.41) is 20.6. The first-order valence-electron chi connectivity index (χ1n) is 10.8. The van der Waals surface area contributed by atoms with Crippen molar-refractivity contribution in [2.24, 2.45) is 23.2 Å². The Bertz CT molecular complexity index is 676. The monoisotopic (exact) mass is 388 g/mol. The molecule has 1 heterocycles. The van der Waals surface area contributed by atoms with Gasteiger partial charge in [-0.15, -0.1) is 6.58 Å². The minimum atomic E-state index is -1.30. The standard InChI is InChI=1S/C24H36O4/c1-15(2)7-5-11-24(4)12-6-8-17-18(16(3)9-10-20(17)24)13-21(25)19-14-22(26)28-23(19)27/h10,14,16-18,21,23,25,27H,1,5-9,11-13H2,2-4H3/t16-,17+,18+,21+,23-,24-/m1/s1. The second kappa shape index (κ2) is 8.54. The average molecular weight is 389 g/mol. The van der Waals surface area contributed by atoms with Crippen molar-refractivity contribution in [3.05, 3.63) is 35.5 Å². The molecule has 0 unspecified atom stereocenters. The molecule has 6 atom stereocenters. The number of carbonyl (C=O) groups excluding carboxylic acids is 1. The number of hydrogen-bond donors (Lipinski definition) is 2. The van der Waals surface area contributed by atoms with Gasteiger partial charge in [-0.25, -0.2) is 4.79 Å². The Hall–Kier alpha value is -1.39. The van der Waals surface area contributed by atoms with Crippen molar-refractivity contribution in [1.29, 1.82) is 0 Å². The molecule has 28 heavy (non-hydrogen) atoms. The lowest BCUT2D eigenvalue weighted by atomic mass is 9.56. The summed E-state index contributed by atoms with van der Waals surface area (Å²) in [6.45, 7) is 10.8. The van der Waals surface area contributed by atoms with Gasteiger partial charge in [-0.2, -0.15) is 0 Å². The van der Waals surface area contributed by atoms with Crippen molar-refractivity contribution in [1.82, 2.24) is 0 Å². The number of cyclic esters (lactones) is 1. The molecule has 1 saturated carbocycles. The molecule has 156 valence electrons. The van der Waals surface area contributed by atoms with E-state index in [0.717, 1.165) is 12.8 Å². The van der Waals surface area contributed by atoms with Crippen molar-refractivity contribution in [3.8, 4) is 0 Å². The van der Waals surface area contributed by atoms with Crippen LogP contribution in [0.25, 0.3) is 0 Å². The maximum Gasteiger partial charge on any atom is 0.333 e. The van der Waals surface area contributed by atoms with Gasteiger partial charge in [0.05, 0.1) is 6.10 Å². The molecule has 1 aliphatic heterocycles. The molecule has 4 nitrogen and oxygen atoms in total. The van der Waals surface area contributed by atoms with Crippen LogP contribution in [0.4, 0.5) is 0 Å². The predicted octanol–water partition coefficient (Wildman–Crippen LogP) is 4.67. The van der Waals surface area contributed by atoms with E-state index in [9.17, 15) is 15.0 Å². The molecule has 4 heteroatoms. The molecule has 0 aromatic heterocycles. The molecular weight excluding hydrogens is 352 g/mol. The third-order valence-electron chi connectivity index (χ3n) is 7.31. The van der Waals surface area contributed by atoms with E-state index >= 15 is 0 Å². The topological polar surface area (TPSA) is 66.8 Å². The van der Waals surface area contributed by atoms with Gasteiger partial charge < -0.3 is 14.9 Å². The van der Waals surface area contributed by atoms with Crippen LogP contribution in [0.5, 0.6) is 0 Å². The van der Waals surface area contributed by atoms with Gasteiger partial charge in [0.15, 0.2) is 0 Å². The minimum Gasteiger partial charge on any atom is -0.429 e. The Morgan fingerprint density at radius 2 is 2.21 bits per heavy atom. The van der Waals surface area contributed by atoms with E-state index in [-0.39, 0.29) is 5.41 Å². The molecule has 0 radical (unpaired) electrons. The number of aliphatic hydroxyl groups is 2. The van der Waals surface area contributed by atoms with Crippen LogP contribution in [0.2, 0.25) is 0 Å². The van der Waals surface area contributed by atoms with E-state index in [1.165, 1.54) is 43.8 Å². The van der Waals surface area contributed by atoms with Crippen molar-refractivity contribution < 1.29 is 19.7 Å². The van der Waals surface area contributed by atoms with Gasteiger partial charge in [-0.3, -0.25) is 0 Å². The average Bonchev–Trinajstić information content (AvgIpc) is 2.95. The van der Waals surface area contributed by atoms with Crippen LogP contribution in [-0.2, 0) is 9.53 Å². The molecular formula is C24H36O4. The van der Waals surface area contributed by atoms with Crippen LogP contribution in [0.15, 0.2) is 35.5 Å². The van der Waals surface area contributed by atoms with E-state index < -0.39 is 18.4 Å². The highest BCUT2D eigenvalue weighted by atomic mass is 16.6. The van der Waals surface area contributed by atoms with Crippen molar-refractivity contribution in [2.75, 3.05) is 0 Å². The summed E-state index contributed by atoms with van der Waals surface area (Å²) >= 11 is 0. The first-order chi connectivity index (χ1) is 13.2. The lowest BCUT2D eigenvalue weighted by Crippen LogP contribution is -2.39. The molecule has 3 rings (SSSR count). The molecule has 2 aliphatic carbocycles. The van der Waals surface area contributed by atoms with Gasteiger partial charge in [0.2, 0.25) is 6.29 Å². The summed E-state index contributed by atoms with van der Waals surface area (Å²) in [4.78, 5) is 11.4. The quantitative estimate of drug-likeness (QED) is 0.491. The maximum absolute atomic E-state index is 11.4. The van der Waals surface area contributed by atoms with E-state index in [1.54, 1.807) is 5.57 Å². The van der Waals surface area contributed by atoms with Gasteiger partial charge in [-0.05, 0) is 75.0 Å². The second-order valence-electron chi connectivity index (χ2n) is 9.59. The highest BCUT2D eigenvalue weighted by Gasteiger charge is 2.44. The SMILES string of the molecule is C=C(C)CCC[C@]1(C)CCC[C@@H]2C1=CC[C@@H](C)[C@@H]2C[C@H](O)C1=CC(=O)O[C@H]1O. The fraction of sp³-hybridized carbons (Fsp3) is 0.708. The number of rotatable bonds is 7. The third-order valence-corrected chi connectivity index (χ3v) is 7.31. The Morgan fingerprint density at radius 1 is 1.46 bits per heavy atom. The van der Waals surface area contributed by atoms with Gasteiger partial charge in [0.25, 0.3) is 0 Å². The Balaban J connectivity index is 1.74. The molecule has 2 N–H and O–H groups in total. The van der Waals surface area contributed by atoms with Gasteiger partial charge in [-0.1, -0.05) is 37.5 Å². The molecule has 0 aromatic carbocycles. The smallest absolute Gasteiger partial charge is 0.333 e. The van der Waals surface area contributed by atoms with Gasteiger partial charge >= 0.3 is 5.97 Å². The van der Waals surface area contributed by atoms with Crippen molar-refractivity contribution in [3.63, 3.8) is 0 Å². The highest BCUT2D eigenvalue weighted by molar-refractivity contribution is 5.85. The van der Waals surface area contributed by atoms with Crippen LogP contribution in [-0.4, -0.2) is 28.6 Å².